The Kier molecular flexibility index (Phi) is 20.8. The first kappa shape index (κ1) is 51.7. The van der Waals surface area contributed by atoms with Crippen molar-refractivity contribution in [3.05, 3.63) is 23.3 Å². The van der Waals surface area contributed by atoms with Crippen LogP contribution in [0.5, 0.6) is 0 Å². The molecule has 1 aliphatic heterocycles. The Morgan fingerprint density at radius 3 is 1.86 bits per heavy atom. The molecule has 0 fully saturated rings. The second kappa shape index (κ2) is 23.4. The summed E-state index contributed by atoms with van der Waals surface area (Å²) in [6, 6.07) is -4.26. The molecule has 0 spiro atoms. The maximum atomic E-state index is 14.2. The van der Waals surface area contributed by atoms with Gasteiger partial charge in [0.25, 0.3) is 5.91 Å². The van der Waals surface area contributed by atoms with Crippen molar-refractivity contribution < 1.29 is 48.1 Å². The first-order valence-corrected chi connectivity index (χ1v) is 20.6. The summed E-state index contributed by atoms with van der Waals surface area (Å²) in [4.78, 5) is 100. The summed E-state index contributed by atoms with van der Waals surface area (Å²) in [6.07, 6.45) is 1.25. The van der Waals surface area contributed by atoms with Crippen molar-refractivity contribution in [3.63, 3.8) is 0 Å². The van der Waals surface area contributed by atoms with Gasteiger partial charge >= 0.3 is 11.9 Å². The number of allylic oxidation sites excluding steroid dienone is 1. The summed E-state index contributed by atoms with van der Waals surface area (Å²) in [5.41, 5.74) is 0.824. The first-order chi connectivity index (χ1) is 26.8. The second-order valence-corrected chi connectivity index (χ2v) is 17.0. The van der Waals surface area contributed by atoms with Gasteiger partial charge in [-0.2, -0.15) is 0 Å². The number of hydrogen-bond acceptors (Lipinski definition) is 10. The van der Waals surface area contributed by atoms with Crippen LogP contribution in [0.1, 0.15) is 109 Å². The Morgan fingerprint density at radius 1 is 0.828 bits per heavy atom. The highest BCUT2D eigenvalue weighted by Crippen LogP contribution is 2.25. The zero-order valence-electron chi connectivity index (χ0n) is 37.9. The number of carbonyl (C=O) groups excluding carboxylic acids is 7. The van der Waals surface area contributed by atoms with Gasteiger partial charge < -0.3 is 39.9 Å². The van der Waals surface area contributed by atoms with E-state index >= 15 is 0 Å². The van der Waals surface area contributed by atoms with Crippen molar-refractivity contribution in [3.8, 4) is 0 Å². The van der Waals surface area contributed by atoms with Gasteiger partial charge in [0.2, 0.25) is 23.6 Å². The van der Waals surface area contributed by atoms with Crippen molar-refractivity contribution in [2.24, 2.45) is 29.6 Å². The smallest absolute Gasteiger partial charge is 0.334 e. The lowest BCUT2D eigenvalue weighted by Crippen LogP contribution is -2.60. The van der Waals surface area contributed by atoms with Crippen LogP contribution in [0.15, 0.2) is 23.3 Å². The minimum absolute atomic E-state index is 0.0146. The number of likely N-dealkylation sites (N-methyl/N-ethyl adjacent to an activating group) is 3. The van der Waals surface area contributed by atoms with E-state index in [1.54, 1.807) is 55.4 Å². The number of rotatable bonds is 7. The van der Waals surface area contributed by atoms with E-state index in [4.69, 9.17) is 9.47 Å². The van der Waals surface area contributed by atoms with E-state index in [0.717, 1.165) is 0 Å². The Labute approximate surface area is 346 Å². The molecule has 330 valence electrons. The number of esters is 2. The van der Waals surface area contributed by atoms with E-state index in [9.17, 15) is 38.7 Å². The fourth-order valence-corrected chi connectivity index (χ4v) is 6.71. The van der Waals surface area contributed by atoms with Crippen molar-refractivity contribution in [2.45, 2.75) is 152 Å². The van der Waals surface area contributed by atoms with Crippen LogP contribution < -0.4 is 10.6 Å². The molecule has 15 heteroatoms. The lowest BCUT2D eigenvalue weighted by atomic mass is 9.90. The lowest BCUT2D eigenvalue weighted by Gasteiger charge is -2.37. The van der Waals surface area contributed by atoms with Gasteiger partial charge in [-0.3, -0.25) is 24.0 Å². The molecule has 0 saturated heterocycles. The predicted molar refractivity (Wildman–Crippen MR) is 222 cm³/mol. The standard InChI is InChI=1S/C43H73N5O10/c1-17-19-27(10)37-29(12)31(49)21-20-28(11)42(55)57-36(25(7)8)38(51)45-34(24(5)6)40(53)48(16)35(26(9)18-2)41(54)46(14)22-32(50)44-33(23(3)4)39(52)47(15)30(13)43(56)58-37/h19-20,23-26,29-31,33-37,49H,17-18,21-22H2,1-16H3,(H,44,50)(H,45,51)/b27-19+,28-20+/t26-,29+,30?,31+,33?,34?,35?,36?,37-/m1/s1. The maximum Gasteiger partial charge on any atom is 0.334 e. The van der Waals surface area contributed by atoms with Gasteiger partial charge in [-0.1, -0.05) is 87.8 Å². The number of amides is 5. The van der Waals surface area contributed by atoms with Crippen LogP contribution in [-0.4, -0.2) is 131 Å². The van der Waals surface area contributed by atoms with Gasteiger partial charge in [-0.25, -0.2) is 9.59 Å². The number of hydrogen-bond donors (Lipinski definition) is 3. The number of aliphatic hydroxyl groups is 1. The zero-order valence-corrected chi connectivity index (χ0v) is 37.9. The highest BCUT2D eigenvalue weighted by molar-refractivity contribution is 5.96. The van der Waals surface area contributed by atoms with Crippen LogP contribution in [0.25, 0.3) is 0 Å². The summed E-state index contributed by atoms with van der Waals surface area (Å²) in [5.74, 6) is -6.78. The average Bonchev–Trinajstić information content (AvgIpc) is 3.16. The minimum atomic E-state index is -1.28. The average molecular weight is 820 g/mol. The molecule has 1 rings (SSSR count). The topological polar surface area (TPSA) is 192 Å². The maximum absolute atomic E-state index is 14.2. The number of aliphatic hydroxyl groups excluding tert-OH is 1. The van der Waals surface area contributed by atoms with Crippen molar-refractivity contribution in [1.82, 2.24) is 25.3 Å². The fourth-order valence-electron chi connectivity index (χ4n) is 6.71. The molecule has 15 nitrogen and oxygen atoms in total. The molecule has 1 aliphatic rings. The number of carbonyl (C=O) groups is 7. The largest absolute Gasteiger partial charge is 0.456 e. The number of cyclic esters (lactones) is 2. The van der Waals surface area contributed by atoms with Crippen LogP contribution in [0.3, 0.4) is 0 Å². The summed E-state index contributed by atoms with van der Waals surface area (Å²) >= 11 is 0. The quantitative estimate of drug-likeness (QED) is 0.253. The summed E-state index contributed by atoms with van der Waals surface area (Å²) < 4.78 is 11.7. The number of nitrogens with zero attached hydrogens (tertiary/aromatic N) is 3. The minimum Gasteiger partial charge on any atom is -0.456 e. The molecule has 0 bridgehead atoms. The molecular weight excluding hydrogens is 746 g/mol. The van der Waals surface area contributed by atoms with Crippen LogP contribution in [-0.2, 0) is 43.0 Å². The van der Waals surface area contributed by atoms with E-state index in [2.05, 4.69) is 10.6 Å². The molecule has 58 heavy (non-hydrogen) atoms. The number of ether oxygens (including phenoxy) is 2. The molecule has 0 radical (unpaired) electrons. The third kappa shape index (κ3) is 13.9. The van der Waals surface area contributed by atoms with Crippen molar-refractivity contribution in [1.29, 1.82) is 0 Å². The molecule has 0 aromatic carbocycles. The normalized spacial score (nSPS) is 29.6. The van der Waals surface area contributed by atoms with Crippen molar-refractivity contribution >= 4 is 41.5 Å². The molecule has 9 atom stereocenters. The van der Waals surface area contributed by atoms with Crippen LogP contribution >= 0.6 is 0 Å². The highest BCUT2D eigenvalue weighted by atomic mass is 16.6. The molecule has 5 unspecified atom stereocenters. The van der Waals surface area contributed by atoms with Gasteiger partial charge in [0.05, 0.1) is 12.6 Å². The zero-order chi connectivity index (χ0) is 44.9. The summed E-state index contributed by atoms with van der Waals surface area (Å²) in [6.45, 7) is 22.1. The van der Waals surface area contributed by atoms with Gasteiger partial charge in [0.15, 0.2) is 6.10 Å². The summed E-state index contributed by atoms with van der Waals surface area (Å²) in [5, 5.41) is 16.8. The first-order valence-electron chi connectivity index (χ1n) is 20.6. The van der Waals surface area contributed by atoms with E-state index in [1.807, 2.05) is 26.8 Å². The third-order valence-corrected chi connectivity index (χ3v) is 11.1. The van der Waals surface area contributed by atoms with Crippen LogP contribution in [0, 0.1) is 29.6 Å². The highest BCUT2D eigenvalue weighted by Gasteiger charge is 2.40. The molecule has 0 aromatic heterocycles. The molecule has 5 amide bonds. The molecule has 0 aliphatic carbocycles. The SMILES string of the molecule is CC/C=C(\C)[C@H]1OC(=O)C(C)N(C)C(=O)C(C(C)C)NC(=O)CN(C)C(=O)C([C@H](C)CC)N(C)C(=O)C(C(C)C)NC(=O)C(C(C)C)OC(=O)/C(C)=C/C[C@H](O)[C@@H]1C. The van der Waals surface area contributed by atoms with Gasteiger partial charge in [0.1, 0.15) is 30.3 Å². The van der Waals surface area contributed by atoms with Gasteiger partial charge in [0, 0.05) is 32.6 Å². The van der Waals surface area contributed by atoms with Gasteiger partial charge in [-0.05, 0) is 62.9 Å². The monoisotopic (exact) mass is 820 g/mol. The Morgan fingerprint density at radius 2 is 1.36 bits per heavy atom. The second-order valence-electron chi connectivity index (χ2n) is 17.0. The van der Waals surface area contributed by atoms with Crippen LogP contribution in [0.2, 0.25) is 0 Å². The lowest BCUT2D eigenvalue weighted by molar-refractivity contribution is -0.160. The van der Waals surface area contributed by atoms with E-state index in [1.165, 1.54) is 55.8 Å². The number of nitrogens with one attached hydrogen (secondary N) is 2. The fraction of sp³-hybridized carbons (Fsp3) is 0.744. The molecule has 0 saturated carbocycles. The Bertz CT molecular complexity index is 1520. The summed E-state index contributed by atoms with van der Waals surface area (Å²) in [7, 11) is 4.35. The van der Waals surface area contributed by atoms with Gasteiger partial charge in [-0.15, -0.1) is 0 Å². The molecule has 3 N–H and O–H groups in total. The molecule has 1 heterocycles. The molecular formula is C43H73N5O10. The van der Waals surface area contributed by atoms with E-state index in [-0.39, 0.29) is 17.9 Å². The van der Waals surface area contributed by atoms with Crippen molar-refractivity contribution in [2.75, 3.05) is 27.7 Å². The third-order valence-electron chi connectivity index (χ3n) is 11.1. The Balaban J connectivity index is 3.85. The van der Waals surface area contributed by atoms with Crippen LogP contribution in [0.4, 0.5) is 0 Å². The van der Waals surface area contributed by atoms with E-state index in [0.29, 0.717) is 18.4 Å². The molecule has 0 aromatic rings. The predicted octanol–water partition coefficient (Wildman–Crippen LogP) is 3.63. The Hall–Kier alpha value is -4.27. The van der Waals surface area contributed by atoms with E-state index < -0.39 is 114 Å².